The molecule has 0 spiro atoms. The molecule has 2 heteroatoms. The Morgan fingerprint density at radius 1 is 1.24 bits per heavy atom. The third kappa shape index (κ3) is 3.06. The summed E-state index contributed by atoms with van der Waals surface area (Å²) in [6.07, 6.45) is 5.70. The first-order chi connectivity index (χ1) is 10.0. The average Bonchev–Trinajstić information content (AvgIpc) is 3.09. The molecule has 1 aromatic carbocycles. The molecule has 0 saturated heterocycles. The Kier molecular flexibility index (Phi) is 4.17. The second-order valence-corrected chi connectivity index (χ2v) is 7.28. The van der Waals surface area contributed by atoms with Crippen LogP contribution in [0.4, 0.5) is 0 Å². The Hall–Kier alpha value is -1.15. The summed E-state index contributed by atoms with van der Waals surface area (Å²) < 4.78 is 0. The van der Waals surface area contributed by atoms with Crippen molar-refractivity contribution in [1.29, 1.82) is 0 Å². The first-order valence-electron chi connectivity index (χ1n) is 8.35. The van der Waals surface area contributed by atoms with E-state index in [-0.39, 0.29) is 11.8 Å². The third-order valence-electron chi connectivity index (χ3n) is 5.78. The van der Waals surface area contributed by atoms with Crippen LogP contribution in [0.5, 0.6) is 0 Å². The molecule has 3 rings (SSSR count). The molecule has 4 atom stereocenters. The van der Waals surface area contributed by atoms with Crippen LogP contribution in [0.15, 0.2) is 24.3 Å². The average molecular weight is 285 g/mol. The third-order valence-corrected chi connectivity index (χ3v) is 5.78. The van der Waals surface area contributed by atoms with E-state index in [0.717, 1.165) is 29.9 Å². The van der Waals surface area contributed by atoms with Crippen molar-refractivity contribution in [3.05, 3.63) is 35.4 Å². The summed E-state index contributed by atoms with van der Waals surface area (Å²) in [5, 5.41) is 0. The second kappa shape index (κ2) is 5.92. The van der Waals surface area contributed by atoms with Crippen molar-refractivity contribution >= 4 is 5.78 Å². The quantitative estimate of drug-likeness (QED) is 0.764. The molecule has 2 saturated carbocycles. The highest BCUT2D eigenvalue weighted by Crippen LogP contribution is 2.48. The summed E-state index contributed by atoms with van der Waals surface area (Å²) in [6, 6.07) is 7.94. The maximum Gasteiger partial charge on any atom is 0.179 e. The number of aryl methyl sites for hydroxylation is 1. The number of likely N-dealkylation sites (N-methyl/N-ethyl adjacent to an activating group) is 1. The first kappa shape index (κ1) is 14.8. The summed E-state index contributed by atoms with van der Waals surface area (Å²) in [6.45, 7) is 5.19. The van der Waals surface area contributed by atoms with Crippen molar-refractivity contribution in [2.45, 2.75) is 45.6 Å². The van der Waals surface area contributed by atoms with Gasteiger partial charge in [-0.25, -0.2) is 0 Å². The lowest BCUT2D eigenvalue weighted by molar-refractivity contribution is 0.0836. The van der Waals surface area contributed by atoms with Gasteiger partial charge in [-0.2, -0.15) is 0 Å². The largest absolute Gasteiger partial charge is 0.296 e. The zero-order valence-corrected chi connectivity index (χ0v) is 13.5. The van der Waals surface area contributed by atoms with Crippen molar-refractivity contribution in [2.24, 2.45) is 17.8 Å². The fourth-order valence-corrected chi connectivity index (χ4v) is 4.29. The molecule has 2 fully saturated rings. The maximum absolute atomic E-state index is 12.6. The number of Topliss-reactive ketones (excluding diaryl/α,β-unsaturated/α-hetero) is 1. The van der Waals surface area contributed by atoms with Crippen LogP contribution in [0.2, 0.25) is 0 Å². The van der Waals surface area contributed by atoms with Crippen LogP contribution >= 0.6 is 0 Å². The van der Waals surface area contributed by atoms with Crippen molar-refractivity contribution in [2.75, 3.05) is 13.6 Å². The molecule has 0 aliphatic heterocycles. The number of nitrogens with zero attached hydrogens (tertiary/aromatic N) is 1. The molecule has 2 bridgehead atoms. The molecule has 0 radical (unpaired) electrons. The van der Waals surface area contributed by atoms with Gasteiger partial charge >= 0.3 is 0 Å². The van der Waals surface area contributed by atoms with Crippen LogP contribution in [-0.2, 0) is 0 Å². The van der Waals surface area contributed by atoms with E-state index in [9.17, 15) is 4.79 Å². The maximum atomic E-state index is 12.6. The van der Waals surface area contributed by atoms with Crippen molar-refractivity contribution in [3.63, 3.8) is 0 Å². The predicted molar refractivity (Wildman–Crippen MR) is 86.5 cm³/mol. The predicted octanol–water partition coefficient (Wildman–Crippen LogP) is 3.93. The minimum absolute atomic E-state index is 0.0215. The number of benzene rings is 1. The highest BCUT2D eigenvalue weighted by atomic mass is 16.1. The highest BCUT2D eigenvalue weighted by Gasteiger charge is 2.40. The lowest BCUT2D eigenvalue weighted by Gasteiger charge is -2.30. The summed E-state index contributed by atoms with van der Waals surface area (Å²) in [5.74, 6) is 2.98. The van der Waals surface area contributed by atoms with Gasteiger partial charge in [0.05, 0.1) is 6.04 Å². The Labute approximate surface area is 128 Å². The molecular formula is C19H27NO. The lowest BCUT2D eigenvalue weighted by Crippen LogP contribution is -2.40. The smallest absolute Gasteiger partial charge is 0.179 e. The molecule has 1 aromatic rings. The van der Waals surface area contributed by atoms with E-state index in [1.807, 2.05) is 24.3 Å². The van der Waals surface area contributed by atoms with Gasteiger partial charge in [0.25, 0.3) is 0 Å². The number of hydrogen-bond acceptors (Lipinski definition) is 2. The Morgan fingerprint density at radius 3 is 2.52 bits per heavy atom. The normalized spacial score (nSPS) is 29.0. The molecule has 0 amide bonds. The van der Waals surface area contributed by atoms with E-state index in [2.05, 4.69) is 25.8 Å². The summed E-state index contributed by atoms with van der Waals surface area (Å²) in [4.78, 5) is 14.9. The molecule has 4 unspecified atom stereocenters. The molecular weight excluding hydrogens is 258 g/mol. The minimum Gasteiger partial charge on any atom is -0.296 e. The minimum atomic E-state index is -0.0215. The van der Waals surface area contributed by atoms with Gasteiger partial charge in [0.15, 0.2) is 5.78 Å². The number of rotatable bonds is 5. The zero-order valence-electron chi connectivity index (χ0n) is 13.5. The van der Waals surface area contributed by atoms with E-state index in [4.69, 9.17) is 0 Å². The monoisotopic (exact) mass is 285 g/mol. The van der Waals surface area contributed by atoms with Crippen LogP contribution in [0, 0.1) is 24.7 Å². The summed E-state index contributed by atoms with van der Waals surface area (Å²) in [7, 11) is 2.11. The van der Waals surface area contributed by atoms with Gasteiger partial charge in [-0.05, 0) is 57.9 Å². The number of carbonyl (C=O) groups is 1. The van der Waals surface area contributed by atoms with E-state index in [0.29, 0.717) is 0 Å². The summed E-state index contributed by atoms with van der Waals surface area (Å²) >= 11 is 0. The molecule has 2 aliphatic carbocycles. The SMILES string of the molecule is Cc1ccc(C(=O)C(C)N(C)CC2CC3CCC2C3)cc1. The molecule has 0 heterocycles. The van der Waals surface area contributed by atoms with Crippen molar-refractivity contribution < 1.29 is 4.79 Å². The van der Waals surface area contributed by atoms with E-state index >= 15 is 0 Å². The van der Waals surface area contributed by atoms with Gasteiger partial charge in [-0.3, -0.25) is 9.69 Å². The van der Waals surface area contributed by atoms with Crippen LogP contribution in [0.1, 0.15) is 48.5 Å². The molecule has 2 nitrogen and oxygen atoms in total. The number of ketones is 1. The van der Waals surface area contributed by atoms with Gasteiger partial charge in [0.1, 0.15) is 0 Å². The van der Waals surface area contributed by atoms with E-state index in [1.54, 1.807) is 0 Å². The summed E-state index contributed by atoms with van der Waals surface area (Å²) in [5.41, 5.74) is 2.04. The van der Waals surface area contributed by atoms with Crippen molar-refractivity contribution in [1.82, 2.24) is 4.90 Å². The highest BCUT2D eigenvalue weighted by molar-refractivity contribution is 5.99. The second-order valence-electron chi connectivity index (χ2n) is 7.28. The van der Waals surface area contributed by atoms with Crippen molar-refractivity contribution in [3.8, 4) is 0 Å². The Balaban J connectivity index is 1.60. The van der Waals surface area contributed by atoms with Crippen LogP contribution in [-0.4, -0.2) is 30.3 Å². The van der Waals surface area contributed by atoms with Gasteiger partial charge in [0.2, 0.25) is 0 Å². The van der Waals surface area contributed by atoms with Gasteiger partial charge in [-0.15, -0.1) is 0 Å². The van der Waals surface area contributed by atoms with Gasteiger partial charge in [0, 0.05) is 12.1 Å². The van der Waals surface area contributed by atoms with E-state index in [1.165, 1.54) is 31.2 Å². The molecule has 2 aliphatic rings. The fraction of sp³-hybridized carbons (Fsp3) is 0.632. The number of fused-ring (bicyclic) bond motifs is 2. The number of carbonyl (C=O) groups excluding carboxylic acids is 1. The van der Waals surface area contributed by atoms with E-state index < -0.39 is 0 Å². The van der Waals surface area contributed by atoms with Crippen LogP contribution in [0.25, 0.3) is 0 Å². The topological polar surface area (TPSA) is 20.3 Å². The van der Waals surface area contributed by atoms with Gasteiger partial charge in [-0.1, -0.05) is 36.2 Å². The van der Waals surface area contributed by atoms with Crippen LogP contribution < -0.4 is 0 Å². The Morgan fingerprint density at radius 2 is 1.95 bits per heavy atom. The number of hydrogen-bond donors (Lipinski definition) is 0. The lowest BCUT2D eigenvalue weighted by atomic mass is 9.88. The fourth-order valence-electron chi connectivity index (χ4n) is 4.29. The standard InChI is InChI=1S/C19H27NO/c1-13-4-7-16(8-5-13)19(21)14(2)20(3)12-18-11-15-6-9-17(18)10-15/h4-5,7-8,14-15,17-18H,6,9-12H2,1-3H3. The van der Waals surface area contributed by atoms with Gasteiger partial charge < -0.3 is 0 Å². The molecule has 114 valence electrons. The molecule has 21 heavy (non-hydrogen) atoms. The molecule has 0 aromatic heterocycles. The van der Waals surface area contributed by atoms with Crippen LogP contribution in [0.3, 0.4) is 0 Å². The first-order valence-corrected chi connectivity index (χ1v) is 8.35. The zero-order chi connectivity index (χ0) is 15.0. The Bertz CT molecular complexity index is 507. The molecule has 0 N–H and O–H groups in total.